The van der Waals surface area contributed by atoms with E-state index in [0.717, 1.165) is 23.4 Å². The van der Waals surface area contributed by atoms with Crippen LogP contribution in [0.3, 0.4) is 0 Å². The minimum atomic E-state index is -0.625. The summed E-state index contributed by atoms with van der Waals surface area (Å²) in [5, 5.41) is 15.4. The first-order valence-corrected chi connectivity index (χ1v) is 12.3. The first kappa shape index (κ1) is 26.9. The van der Waals surface area contributed by atoms with Crippen molar-refractivity contribution >= 4 is 0 Å². The molecule has 3 aromatic rings. The van der Waals surface area contributed by atoms with Crippen molar-refractivity contribution in [3.8, 4) is 22.9 Å². The topological polar surface area (TPSA) is 59.8 Å². The molecule has 1 unspecified atom stereocenters. The molecule has 35 heavy (non-hydrogen) atoms. The van der Waals surface area contributed by atoms with Crippen molar-refractivity contribution in [1.29, 1.82) is 0 Å². The zero-order chi connectivity index (χ0) is 25.4. The van der Waals surface area contributed by atoms with Crippen LogP contribution in [0.15, 0.2) is 54.6 Å². The third kappa shape index (κ3) is 7.88. The van der Waals surface area contributed by atoms with E-state index in [-0.39, 0.29) is 12.4 Å². The number of nitrogens with zero attached hydrogens (tertiary/aromatic N) is 3. The quantitative estimate of drug-likeness (QED) is 0.347. The molecule has 1 N–H and O–H groups in total. The minimum absolute atomic E-state index is 0.147. The zero-order valence-electron chi connectivity index (χ0n) is 21.4. The number of hydrogen-bond donors (Lipinski definition) is 1. The van der Waals surface area contributed by atoms with Gasteiger partial charge in [-0.3, -0.25) is 4.90 Å². The molecule has 0 aliphatic carbocycles. The molecule has 0 radical (unpaired) electrons. The normalized spacial score (nSPS) is 12.6. The summed E-state index contributed by atoms with van der Waals surface area (Å²) < 4.78 is 27.8. The predicted molar refractivity (Wildman–Crippen MR) is 137 cm³/mol. The van der Waals surface area contributed by atoms with Gasteiger partial charge in [-0.15, -0.1) is 0 Å². The summed E-state index contributed by atoms with van der Waals surface area (Å²) in [6.07, 6.45) is -0.625. The minimum Gasteiger partial charge on any atom is -0.436 e. The fraction of sp³-hybridized carbons (Fsp3) is 0.464. The molecule has 0 bridgehead atoms. The molecule has 0 saturated heterocycles. The highest BCUT2D eigenvalue weighted by Crippen LogP contribution is 2.35. The predicted octanol–water partition coefficient (Wildman–Crippen LogP) is 5.51. The van der Waals surface area contributed by atoms with E-state index in [1.165, 1.54) is 6.07 Å². The van der Waals surface area contributed by atoms with Gasteiger partial charge in [-0.25, -0.2) is 9.07 Å². The highest BCUT2D eigenvalue weighted by Gasteiger charge is 2.24. The van der Waals surface area contributed by atoms with E-state index in [1.54, 1.807) is 29.9 Å². The summed E-state index contributed by atoms with van der Waals surface area (Å²) in [6.45, 7) is 11.1. The van der Waals surface area contributed by atoms with Crippen molar-refractivity contribution in [3.63, 3.8) is 0 Å². The number of ether oxygens (including phenoxy) is 2. The lowest BCUT2D eigenvalue weighted by atomic mass is 10.1. The van der Waals surface area contributed by atoms with Crippen molar-refractivity contribution in [2.75, 3.05) is 26.3 Å². The van der Waals surface area contributed by atoms with Crippen LogP contribution in [0.5, 0.6) is 11.6 Å². The first-order valence-electron chi connectivity index (χ1n) is 12.3. The molecule has 2 aromatic carbocycles. The van der Waals surface area contributed by atoms with Crippen LogP contribution in [0.1, 0.15) is 33.3 Å². The number of aromatic nitrogens is 2. The van der Waals surface area contributed by atoms with Crippen LogP contribution in [0.4, 0.5) is 4.39 Å². The van der Waals surface area contributed by atoms with E-state index < -0.39 is 11.9 Å². The monoisotopic (exact) mass is 483 g/mol. The molecule has 190 valence electrons. The van der Waals surface area contributed by atoms with Crippen LogP contribution in [-0.2, 0) is 18.3 Å². The van der Waals surface area contributed by atoms with Gasteiger partial charge in [0.15, 0.2) is 11.6 Å². The second-order valence-electron chi connectivity index (χ2n) is 9.83. The fourth-order valence-electron chi connectivity index (χ4n) is 4.02. The number of halogens is 1. The molecule has 0 fully saturated rings. The zero-order valence-corrected chi connectivity index (χ0v) is 21.4. The van der Waals surface area contributed by atoms with Gasteiger partial charge in [0, 0.05) is 38.9 Å². The standard InChI is InChI=1S/C28H38FN3O3/c1-20(2)15-32(16-23(33)19-34-18-21(3)4)17-24-27(22-11-7-6-8-12-22)30-31(5)28(24)35-26-14-10-9-13-25(26)29/h6-14,20-21,23,33H,15-19H2,1-5H3. The van der Waals surface area contributed by atoms with Crippen molar-refractivity contribution in [2.45, 2.75) is 40.3 Å². The van der Waals surface area contributed by atoms with E-state index in [9.17, 15) is 9.50 Å². The highest BCUT2D eigenvalue weighted by molar-refractivity contribution is 5.65. The maximum Gasteiger partial charge on any atom is 0.222 e. The van der Waals surface area contributed by atoms with Crippen LogP contribution in [0.25, 0.3) is 11.3 Å². The molecule has 1 atom stereocenters. The Morgan fingerprint density at radius 3 is 2.29 bits per heavy atom. The molecule has 1 heterocycles. The summed E-state index contributed by atoms with van der Waals surface area (Å²) in [4.78, 5) is 2.19. The van der Waals surface area contributed by atoms with Crippen LogP contribution in [0, 0.1) is 17.7 Å². The Balaban J connectivity index is 1.93. The average Bonchev–Trinajstić information content (AvgIpc) is 3.10. The van der Waals surface area contributed by atoms with Crippen molar-refractivity contribution in [3.05, 3.63) is 66.0 Å². The van der Waals surface area contributed by atoms with Crippen molar-refractivity contribution < 1.29 is 19.0 Å². The number of hydrogen-bond acceptors (Lipinski definition) is 5. The lowest BCUT2D eigenvalue weighted by Crippen LogP contribution is -2.37. The number of aliphatic hydroxyl groups excluding tert-OH is 1. The molecule has 3 rings (SSSR count). The summed E-state index contributed by atoms with van der Waals surface area (Å²) >= 11 is 0. The Bertz CT molecular complexity index is 1050. The first-order chi connectivity index (χ1) is 16.7. The number of benzene rings is 2. The third-order valence-corrected chi connectivity index (χ3v) is 5.41. The molecule has 6 nitrogen and oxygen atoms in total. The number of aliphatic hydroxyl groups is 1. The van der Waals surface area contributed by atoms with E-state index >= 15 is 0 Å². The van der Waals surface area contributed by atoms with Gasteiger partial charge in [0.05, 0.1) is 18.3 Å². The number of rotatable bonds is 13. The van der Waals surface area contributed by atoms with Gasteiger partial charge in [0.2, 0.25) is 5.88 Å². The van der Waals surface area contributed by atoms with Crippen molar-refractivity contribution in [1.82, 2.24) is 14.7 Å². The van der Waals surface area contributed by atoms with Gasteiger partial charge in [0.25, 0.3) is 0 Å². The molecule has 0 aliphatic rings. The average molecular weight is 484 g/mol. The van der Waals surface area contributed by atoms with Crippen LogP contribution in [0.2, 0.25) is 0 Å². The Labute approximate surface area is 208 Å². The lowest BCUT2D eigenvalue weighted by Gasteiger charge is -2.27. The van der Waals surface area contributed by atoms with E-state index in [2.05, 4.69) is 32.6 Å². The summed E-state index contributed by atoms with van der Waals surface area (Å²) in [7, 11) is 1.80. The fourth-order valence-corrected chi connectivity index (χ4v) is 4.02. The smallest absolute Gasteiger partial charge is 0.222 e. The molecular formula is C28H38FN3O3. The maximum absolute atomic E-state index is 14.4. The highest BCUT2D eigenvalue weighted by atomic mass is 19.1. The molecule has 0 spiro atoms. The molecule has 0 amide bonds. The molecule has 1 aromatic heterocycles. The van der Waals surface area contributed by atoms with Crippen LogP contribution < -0.4 is 4.74 Å². The molecule has 0 saturated carbocycles. The second kappa shape index (κ2) is 12.8. The third-order valence-electron chi connectivity index (χ3n) is 5.41. The summed E-state index contributed by atoms with van der Waals surface area (Å²) in [5.41, 5.74) is 2.57. The van der Waals surface area contributed by atoms with Gasteiger partial charge in [0.1, 0.15) is 5.69 Å². The Morgan fingerprint density at radius 2 is 1.63 bits per heavy atom. The van der Waals surface area contributed by atoms with E-state index in [4.69, 9.17) is 14.6 Å². The molecule has 7 heteroatoms. The largest absolute Gasteiger partial charge is 0.436 e. The van der Waals surface area contributed by atoms with Gasteiger partial charge < -0.3 is 14.6 Å². The van der Waals surface area contributed by atoms with Gasteiger partial charge in [-0.1, -0.05) is 70.2 Å². The van der Waals surface area contributed by atoms with Crippen LogP contribution in [-0.4, -0.2) is 52.2 Å². The Kier molecular flexibility index (Phi) is 9.83. The summed E-state index contributed by atoms with van der Waals surface area (Å²) in [6, 6.07) is 16.2. The molecular weight excluding hydrogens is 445 g/mol. The second-order valence-corrected chi connectivity index (χ2v) is 9.83. The maximum atomic E-state index is 14.4. The molecule has 0 aliphatic heterocycles. The lowest BCUT2D eigenvalue weighted by molar-refractivity contribution is 0.00516. The number of para-hydroxylation sites is 1. The number of aryl methyl sites for hydroxylation is 1. The Hall–Kier alpha value is -2.74. The summed E-state index contributed by atoms with van der Waals surface area (Å²) in [5.74, 6) is 0.988. The van der Waals surface area contributed by atoms with Gasteiger partial charge >= 0.3 is 0 Å². The van der Waals surface area contributed by atoms with Gasteiger partial charge in [-0.2, -0.15) is 5.10 Å². The Morgan fingerprint density at radius 1 is 0.943 bits per heavy atom. The van der Waals surface area contributed by atoms with E-state index in [0.29, 0.717) is 37.4 Å². The van der Waals surface area contributed by atoms with Crippen LogP contribution >= 0.6 is 0 Å². The van der Waals surface area contributed by atoms with Crippen molar-refractivity contribution in [2.24, 2.45) is 18.9 Å². The van der Waals surface area contributed by atoms with E-state index in [1.807, 2.05) is 30.3 Å². The van der Waals surface area contributed by atoms with Gasteiger partial charge in [-0.05, 0) is 24.0 Å². The SMILES string of the molecule is CC(C)COCC(O)CN(Cc1c(-c2ccccc2)nn(C)c1Oc1ccccc1F)CC(C)C.